The molecule has 1 aromatic heterocycles. The fourth-order valence-corrected chi connectivity index (χ4v) is 8.65. The Morgan fingerprint density at radius 1 is 0.177 bits per heavy atom. The van der Waals surface area contributed by atoms with E-state index in [1.54, 1.807) is 0 Å². The predicted molar refractivity (Wildman–Crippen MR) is 258 cm³/mol. The monoisotopic (exact) mass is 789 g/mol. The lowest BCUT2D eigenvalue weighted by Crippen LogP contribution is -2.00. The topological polar surface area (TPSA) is 38.7 Å². The van der Waals surface area contributed by atoms with Crippen LogP contribution < -0.4 is 0 Å². The summed E-state index contributed by atoms with van der Waals surface area (Å²) >= 11 is 0. The zero-order valence-corrected chi connectivity index (χ0v) is 33.9. The first-order valence-corrected chi connectivity index (χ1v) is 21.0. The van der Waals surface area contributed by atoms with Gasteiger partial charge in [0.15, 0.2) is 17.5 Å². The van der Waals surface area contributed by atoms with Crippen LogP contribution in [0.25, 0.3) is 111 Å². The van der Waals surface area contributed by atoms with Gasteiger partial charge in [-0.15, -0.1) is 0 Å². The van der Waals surface area contributed by atoms with Crippen molar-refractivity contribution >= 4 is 21.5 Å². The highest BCUT2D eigenvalue weighted by molar-refractivity contribution is 6.22. The van der Waals surface area contributed by atoms with E-state index in [0.29, 0.717) is 17.5 Å². The Kier molecular flexibility index (Phi) is 9.53. The van der Waals surface area contributed by atoms with Gasteiger partial charge in [0.1, 0.15) is 0 Å². The second-order valence-corrected chi connectivity index (χ2v) is 15.6. The van der Waals surface area contributed by atoms with Crippen LogP contribution in [0.2, 0.25) is 0 Å². The van der Waals surface area contributed by atoms with Crippen LogP contribution >= 0.6 is 0 Å². The summed E-state index contributed by atoms with van der Waals surface area (Å²) in [5, 5.41) is 4.94. The van der Waals surface area contributed by atoms with E-state index in [1.165, 1.54) is 54.9 Å². The molecular formula is C59H39N3. The third kappa shape index (κ3) is 7.02. The van der Waals surface area contributed by atoms with Crippen LogP contribution in [0.5, 0.6) is 0 Å². The SMILES string of the molecule is c1ccc(-c2ccc(-c3nc(-c4ccc(-c5ccccc5)cc4)nc(-c4ccc(-c5ccc6c(-c7ccccc7)c7ccccc7c(-c7ccccc7)c6c5)cc4)n3)cc2)cc1. The van der Waals surface area contributed by atoms with Crippen LogP contribution in [-0.4, -0.2) is 15.0 Å². The van der Waals surface area contributed by atoms with E-state index in [-0.39, 0.29) is 0 Å². The maximum atomic E-state index is 5.10. The van der Waals surface area contributed by atoms with E-state index in [4.69, 9.17) is 15.0 Å². The fraction of sp³-hybridized carbons (Fsp3) is 0. The minimum atomic E-state index is 0.625. The second kappa shape index (κ2) is 16.1. The van der Waals surface area contributed by atoms with Gasteiger partial charge in [-0.3, -0.25) is 0 Å². The summed E-state index contributed by atoms with van der Waals surface area (Å²) in [6, 6.07) is 83.7. The molecule has 11 aromatic rings. The van der Waals surface area contributed by atoms with E-state index >= 15 is 0 Å². The maximum Gasteiger partial charge on any atom is 0.164 e. The molecule has 11 rings (SSSR count). The summed E-state index contributed by atoms with van der Waals surface area (Å²) in [5.41, 5.74) is 14.6. The molecule has 0 N–H and O–H groups in total. The first kappa shape index (κ1) is 36.8. The Hall–Kier alpha value is -8.27. The number of hydrogen-bond acceptors (Lipinski definition) is 3. The predicted octanol–water partition coefficient (Wildman–Crippen LogP) is 15.5. The van der Waals surface area contributed by atoms with E-state index in [1.807, 2.05) is 12.1 Å². The molecule has 3 nitrogen and oxygen atoms in total. The van der Waals surface area contributed by atoms with Crippen LogP contribution in [0, 0.1) is 0 Å². The summed E-state index contributed by atoms with van der Waals surface area (Å²) in [6.07, 6.45) is 0. The van der Waals surface area contributed by atoms with Gasteiger partial charge in [-0.2, -0.15) is 0 Å². The van der Waals surface area contributed by atoms with Crippen LogP contribution in [0.4, 0.5) is 0 Å². The van der Waals surface area contributed by atoms with Crippen molar-refractivity contribution < 1.29 is 0 Å². The van der Waals surface area contributed by atoms with Crippen molar-refractivity contribution in [3.8, 4) is 89.8 Å². The van der Waals surface area contributed by atoms with Crippen molar-refractivity contribution in [2.75, 3.05) is 0 Å². The Bertz CT molecular complexity index is 3230. The van der Waals surface area contributed by atoms with E-state index in [2.05, 4.69) is 224 Å². The summed E-state index contributed by atoms with van der Waals surface area (Å²) in [6.45, 7) is 0. The molecule has 0 radical (unpaired) electrons. The van der Waals surface area contributed by atoms with Crippen LogP contribution in [0.3, 0.4) is 0 Å². The third-order valence-corrected chi connectivity index (χ3v) is 11.8. The minimum absolute atomic E-state index is 0.625. The number of aromatic nitrogens is 3. The molecule has 0 aliphatic rings. The van der Waals surface area contributed by atoms with Gasteiger partial charge in [-0.25, -0.2) is 15.0 Å². The Morgan fingerprint density at radius 2 is 0.435 bits per heavy atom. The molecule has 10 aromatic carbocycles. The molecule has 62 heavy (non-hydrogen) atoms. The zero-order valence-electron chi connectivity index (χ0n) is 33.9. The molecule has 0 unspecified atom stereocenters. The normalized spacial score (nSPS) is 11.2. The van der Waals surface area contributed by atoms with Crippen molar-refractivity contribution in [1.29, 1.82) is 0 Å². The number of hydrogen-bond donors (Lipinski definition) is 0. The molecule has 0 atom stereocenters. The Labute approximate surface area is 361 Å². The van der Waals surface area contributed by atoms with Gasteiger partial charge in [-0.05, 0) is 83.2 Å². The molecule has 1 heterocycles. The quantitative estimate of drug-likeness (QED) is 0.144. The average Bonchev–Trinajstić information content (AvgIpc) is 3.36. The van der Waals surface area contributed by atoms with Gasteiger partial charge in [-0.1, -0.05) is 231 Å². The lowest BCUT2D eigenvalue weighted by atomic mass is 9.85. The fourth-order valence-electron chi connectivity index (χ4n) is 8.65. The Balaban J connectivity index is 1.01. The zero-order chi connectivity index (χ0) is 41.2. The van der Waals surface area contributed by atoms with Crippen molar-refractivity contribution in [2.24, 2.45) is 0 Å². The molecule has 0 spiro atoms. The van der Waals surface area contributed by atoms with Gasteiger partial charge >= 0.3 is 0 Å². The molecule has 3 heteroatoms. The van der Waals surface area contributed by atoms with Crippen molar-refractivity contribution in [1.82, 2.24) is 15.0 Å². The van der Waals surface area contributed by atoms with E-state index in [0.717, 1.165) is 38.9 Å². The molecule has 0 aliphatic carbocycles. The molecule has 0 saturated heterocycles. The molecule has 0 bridgehead atoms. The number of benzene rings is 10. The van der Waals surface area contributed by atoms with Gasteiger partial charge in [0.2, 0.25) is 0 Å². The standard InChI is InChI=1S/C59H39N3/c1-5-15-40(16-6-1)42-25-31-47(32-26-42)57-60-58(48-33-27-43(28-34-48)41-17-7-2-8-18-41)62-59(61-57)49-35-29-44(30-36-49)50-37-38-53-54(39-50)56(46-21-11-4-12-22-46)52-24-14-13-23-51(52)55(53)45-19-9-3-10-20-45/h1-39H. The smallest absolute Gasteiger partial charge is 0.164 e. The number of rotatable bonds is 8. The van der Waals surface area contributed by atoms with Crippen LogP contribution in [-0.2, 0) is 0 Å². The van der Waals surface area contributed by atoms with E-state index in [9.17, 15) is 0 Å². The Morgan fingerprint density at radius 3 is 0.823 bits per heavy atom. The average molecular weight is 790 g/mol. The van der Waals surface area contributed by atoms with Gasteiger partial charge in [0.25, 0.3) is 0 Å². The summed E-state index contributed by atoms with van der Waals surface area (Å²) in [5.74, 6) is 1.88. The largest absolute Gasteiger partial charge is 0.208 e. The highest BCUT2D eigenvalue weighted by Gasteiger charge is 2.18. The molecule has 290 valence electrons. The van der Waals surface area contributed by atoms with Gasteiger partial charge < -0.3 is 0 Å². The molecule has 0 saturated carbocycles. The highest BCUT2D eigenvalue weighted by atomic mass is 15.0. The van der Waals surface area contributed by atoms with Crippen molar-refractivity contribution in [3.63, 3.8) is 0 Å². The maximum absolute atomic E-state index is 5.10. The summed E-state index contributed by atoms with van der Waals surface area (Å²) in [7, 11) is 0. The van der Waals surface area contributed by atoms with Crippen molar-refractivity contribution in [3.05, 3.63) is 237 Å². The number of fused-ring (bicyclic) bond motifs is 2. The third-order valence-electron chi connectivity index (χ3n) is 11.8. The summed E-state index contributed by atoms with van der Waals surface area (Å²) in [4.78, 5) is 15.3. The second-order valence-electron chi connectivity index (χ2n) is 15.6. The molecule has 0 aliphatic heterocycles. The highest BCUT2D eigenvalue weighted by Crippen LogP contribution is 2.45. The summed E-state index contributed by atoms with van der Waals surface area (Å²) < 4.78 is 0. The molecular weight excluding hydrogens is 751 g/mol. The van der Waals surface area contributed by atoms with Gasteiger partial charge in [0.05, 0.1) is 0 Å². The lowest BCUT2D eigenvalue weighted by Gasteiger charge is -2.18. The first-order valence-electron chi connectivity index (χ1n) is 21.0. The lowest BCUT2D eigenvalue weighted by molar-refractivity contribution is 1.07. The first-order chi connectivity index (χ1) is 30.7. The van der Waals surface area contributed by atoms with E-state index < -0.39 is 0 Å². The van der Waals surface area contributed by atoms with Crippen LogP contribution in [0.15, 0.2) is 237 Å². The molecule has 0 fully saturated rings. The van der Waals surface area contributed by atoms with Gasteiger partial charge in [0, 0.05) is 16.7 Å². The van der Waals surface area contributed by atoms with Crippen molar-refractivity contribution in [2.45, 2.75) is 0 Å². The molecule has 0 amide bonds. The number of nitrogens with zero attached hydrogens (tertiary/aromatic N) is 3. The van der Waals surface area contributed by atoms with Crippen LogP contribution in [0.1, 0.15) is 0 Å². The minimum Gasteiger partial charge on any atom is -0.208 e.